The van der Waals surface area contributed by atoms with Crippen molar-refractivity contribution in [3.05, 3.63) is 34.9 Å². The normalized spacial score (nSPS) is 12.8. The second-order valence-electron chi connectivity index (χ2n) is 3.70. The molecular weight excluding hydrogens is 216 g/mol. The van der Waals surface area contributed by atoms with E-state index in [0.717, 1.165) is 18.5 Å². The van der Waals surface area contributed by atoms with Crippen LogP contribution in [0.15, 0.2) is 18.2 Å². The molecule has 0 fully saturated rings. The molecule has 4 nitrogen and oxygen atoms in total. The summed E-state index contributed by atoms with van der Waals surface area (Å²) in [5.74, 6) is 5.28. The molecule has 1 heterocycles. The van der Waals surface area contributed by atoms with Gasteiger partial charge in [-0.1, -0.05) is 11.8 Å². The summed E-state index contributed by atoms with van der Waals surface area (Å²) >= 11 is 0. The summed E-state index contributed by atoms with van der Waals surface area (Å²) in [5.41, 5.74) is 1.59. The Hall–Kier alpha value is -2.12. The Morgan fingerprint density at radius 2 is 2.00 bits per heavy atom. The summed E-state index contributed by atoms with van der Waals surface area (Å²) in [7, 11) is 1.87. The summed E-state index contributed by atoms with van der Waals surface area (Å²) in [5, 5.41) is 5.25. The molecule has 2 N–H and O–H groups in total. The predicted octanol–water partition coefficient (Wildman–Crippen LogP) is 0.531. The van der Waals surface area contributed by atoms with Crippen molar-refractivity contribution in [2.45, 2.75) is 6.42 Å². The molecule has 0 radical (unpaired) electrons. The maximum absolute atomic E-state index is 11.4. The SMILES string of the molecule is CNCCC#Cc1ccc2c(c1)C(=O)NC2=O. The van der Waals surface area contributed by atoms with Gasteiger partial charge in [-0.3, -0.25) is 14.9 Å². The van der Waals surface area contributed by atoms with E-state index in [1.807, 2.05) is 7.05 Å². The molecule has 1 aliphatic heterocycles. The van der Waals surface area contributed by atoms with Crippen LogP contribution in [0.5, 0.6) is 0 Å². The van der Waals surface area contributed by atoms with Crippen LogP contribution in [0.3, 0.4) is 0 Å². The monoisotopic (exact) mass is 228 g/mol. The molecular formula is C13H12N2O2. The summed E-state index contributed by atoms with van der Waals surface area (Å²) < 4.78 is 0. The lowest BCUT2D eigenvalue weighted by atomic mass is 10.1. The number of fused-ring (bicyclic) bond motifs is 1. The molecule has 2 rings (SSSR count). The van der Waals surface area contributed by atoms with E-state index < -0.39 is 0 Å². The summed E-state index contributed by atoms with van der Waals surface area (Å²) in [6.07, 6.45) is 0.749. The van der Waals surface area contributed by atoms with Gasteiger partial charge in [-0.15, -0.1) is 0 Å². The van der Waals surface area contributed by atoms with Crippen molar-refractivity contribution in [1.29, 1.82) is 0 Å². The molecule has 4 heteroatoms. The van der Waals surface area contributed by atoms with Crippen molar-refractivity contribution in [2.24, 2.45) is 0 Å². The average Bonchev–Trinajstić information content (AvgIpc) is 2.61. The Bertz CT molecular complexity index is 538. The van der Waals surface area contributed by atoms with Gasteiger partial charge in [-0.05, 0) is 25.2 Å². The molecule has 0 bridgehead atoms. The van der Waals surface area contributed by atoms with Crippen molar-refractivity contribution in [1.82, 2.24) is 10.6 Å². The fourth-order valence-electron chi connectivity index (χ4n) is 1.60. The first-order valence-corrected chi connectivity index (χ1v) is 5.35. The van der Waals surface area contributed by atoms with E-state index in [2.05, 4.69) is 22.5 Å². The second kappa shape index (κ2) is 4.81. The third-order valence-electron chi connectivity index (χ3n) is 2.47. The number of amides is 2. The minimum absolute atomic E-state index is 0.334. The van der Waals surface area contributed by atoms with Gasteiger partial charge in [0.15, 0.2) is 0 Å². The molecule has 1 aromatic carbocycles. The number of nitrogens with one attached hydrogen (secondary N) is 2. The molecule has 0 unspecified atom stereocenters. The Kier molecular flexibility index (Phi) is 3.22. The zero-order chi connectivity index (χ0) is 12.3. The number of hydrogen-bond donors (Lipinski definition) is 2. The van der Waals surface area contributed by atoms with Crippen molar-refractivity contribution < 1.29 is 9.59 Å². The van der Waals surface area contributed by atoms with Gasteiger partial charge in [0.2, 0.25) is 0 Å². The van der Waals surface area contributed by atoms with Crippen molar-refractivity contribution >= 4 is 11.8 Å². The largest absolute Gasteiger partial charge is 0.319 e. The van der Waals surface area contributed by atoms with E-state index in [1.54, 1.807) is 18.2 Å². The van der Waals surface area contributed by atoms with E-state index in [4.69, 9.17) is 0 Å². The number of hydrogen-bond acceptors (Lipinski definition) is 3. The lowest BCUT2D eigenvalue weighted by Crippen LogP contribution is -2.19. The van der Waals surface area contributed by atoms with Crippen LogP contribution in [-0.4, -0.2) is 25.4 Å². The molecule has 1 aliphatic rings. The van der Waals surface area contributed by atoms with Crippen LogP contribution < -0.4 is 10.6 Å². The number of imide groups is 1. The van der Waals surface area contributed by atoms with Gasteiger partial charge in [0.1, 0.15) is 0 Å². The molecule has 17 heavy (non-hydrogen) atoms. The number of carbonyl (C=O) groups excluding carboxylic acids is 2. The van der Waals surface area contributed by atoms with Gasteiger partial charge in [-0.25, -0.2) is 0 Å². The lowest BCUT2D eigenvalue weighted by Gasteiger charge is -1.95. The summed E-state index contributed by atoms with van der Waals surface area (Å²) in [6, 6.07) is 5.04. The smallest absolute Gasteiger partial charge is 0.258 e. The minimum Gasteiger partial charge on any atom is -0.319 e. The van der Waals surface area contributed by atoms with Crippen LogP contribution in [0, 0.1) is 11.8 Å². The Balaban J connectivity index is 2.22. The van der Waals surface area contributed by atoms with E-state index in [0.29, 0.717) is 11.1 Å². The zero-order valence-corrected chi connectivity index (χ0v) is 9.46. The van der Waals surface area contributed by atoms with E-state index in [1.165, 1.54) is 0 Å². The molecule has 0 saturated heterocycles. The maximum atomic E-state index is 11.4. The minimum atomic E-state index is -0.344. The van der Waals surface area contributed by atoms with Crippen LogP contribution in [0.1, 0.15) is 32.7 Å². The fraction of sp³-hybridized carbons (Fsp3) is 0.231. The molecule has 1 aromatic rings. The summed E-state index contributed by atoms with van der Waals surface area (Å²) in [6.45, 7) is 0.830. The maximum Gasteiger partial charge on any atom is 0.258 e. The van der Waals surface area contributed by atoms with Crippen LogP contribution >= 0.6 is 0 Å². The number of carbonyl (C=O) groups is 2. The Labute approximate surface area is 99.4 Å². The van der Waals surface area contributed by atoms with E-state index in [-0.39, 0.29) is 11.8 Å². The molecule has 2 amide bonds. The molecule has 86 valence electrons. The highest BCUT2D eigenvalue weighted by Gasteiger charge is 2.26. The van der Waals surface area contributed by atoms with Crippen LogP contribution in [-0.2, 0) is 0 Å². The second-order valence-corrected chi connectivity index (χ2v) is 3.70. The van der Waals surface area contributed by atoms with Gasteiger partial charge < -0.3 is 5.32 Å². The van der Waals surface area contributed by atoms with E-state index >= 15 is 0 Å². The molecule has 0 aromatic heterocycles. The van der Waals surface area contributed by atoms with Gasteiger partial charge in [-0.2, -0.15) is 0 Å². The average molecular weight is 228 g/mol. The molecule has 0 atom stereocenters. The first-order valence-electron chi connectivity index (χ1n) is 5.35. The van der Waals surface area contributed by atoms with Crippen molar-refractivity contribution in [3.8, 4) is 11.8 Å². The highest BCUT2D eigenvalue weighted by atomic mass is 16.2. The van der Waals surface area contributed by atoms with Crippen LogP contribution in [0.2, 0.25) is 0 Å². The Morgan fingerprint density at radius 3 is 2.76 bits per heavy atom. The molecule has 0 saturated carbocycles. The zero-order valence-electron chi connectivity index (χ0n) is 9.46. The quantitative estimate of drug-likeness (QED) is 0.441. The third kappa shape index (κ3) is 2.35. The Morgan fingerprint density at radius 1 is 1.24 bits per heavy atom. The predicted molar refractivity (Wildman–Crippen MR) is 63.7 cm³/mol. The van der Waals surface area contributed by atoms with Crippen LogP contribution in [0.4, 0.5) is 0 Å². The third-order valence-corrected chi connectivity index (χ3v) is 2.47. The van der Waals surface area contributed by atoms with Crippen LogP contribution in [0.25, 0.3) is 0 Å². The van der Waals surface area contributed by atoms with Crippen molar-refractivity contribution in [3.63, 3.8) is 0 Å². The van der Waals surface area contributed by atoms with Gasteiger partial charge in [0.05, 0.1) is 11.1 Å². The molecule has 0 spiro atoms. The van der Waals surface area contributed by atoms with E-state index in [9.17, 15) is 9.59 Å². The van der Waals surface area contributed by atoms with Gasteiger partial charge in [0.25, 0.3) is 11.8 Å². The lowest BCUT2D eigenvalue weighted by molar-refractivity contribution is 0.0879. The van der Waals surface area contributed by atoms with Gasteiger partial charge >= 0.3 is 0 Å². The highest BCUT2D eigenvalue weighted by molar-refractivity contribution is 6.21. The summed E-state index contributed by atoms with van der Waals surface area (Å²) in [4.78, 5) is 22.7. The fourth-order valence-corrected chi connectivity index (χ4v) is 1.60. The number of benzene rings is 1. The topological polar surface area (TPSA) is 58.2 Å². The van der Waals surface area contributed by atoms with Gasteiger partial charge in [0, 0.05) is 18.5 Å². The number of rotatable bonds is 2. The first kappa shape index (κ1) is 11.4. The van der Waals surface area contributed by atoms with Crippen molar-refractivity contribution in [2.75, 3.05) is 13.6 Å². The first-order chi connectivity index (χ1) is 8.22. The highest BCUT2D eigenvalue weighted by Crippen LogP contribution is 2.16. The standard InChI is InChI=1S/C13H12N2O2/c1-14-7-3-2-4-9-5-6-10-11(8-9)13(17)15-12(10)16/h5-6,8,14H,3,7H2,1H3,(H,15,16,17). The molecule has 0 aliphatic carbocycles.